The van der Waals surface area contributed by atoms with E-state index < -0.39 is 23.1 Å². The average molecular weight is 400 g/mol. The summed E-state index contributed by atoms with van der Waals surface area (Å²) >= 11 is 1.44. The van der Waals surface area contributed by atoms with Gasteiger partial charge >= 0.3 is 6.09 Å². The molecule has 148 valence electrons. The molecule has 1 aromatic heterocycles. The Hall–Kier alpha value is -2.54. The summed E-state index contributed by atoms with van der Waals surface area (Å²) in [6, 6.07) is 14.9. The Balaban J connectivity index is 1.79. The Bertz CT molecular complexity index is 769. The van der Waals surface area contributed by atoms with Crippen molar-refractivity contribution in [2.24, 2.45) is 0 Å². The van der Waals surface area contributed by atoms with Crippen LogP contribution in [0.2, 0.25) is 0 Å². The number of rotatable bonds is 4. The van der Waals surface area contributed by atoms with Gasteiger partial charge in [-0.2, -0.15) is 0 Å². The number of nitrogens with zero attached hydrogens (tertiary/aromatic N) is 2. The highest BCUT2D eigenvalue weighted by molar-refractivity contribution is 8.00. The first-order valence-electron chi connectivity index (χ1n) is 9.22. The Morgan fingerprint density at radius 3 is 2.54 bits per heavy atom. The molecule has 2 amide bonds. The van der Waals surface area contributed by atoms with E-state index in [0.717, 1.165) is 11.3 Å². The molecule has 2 unspecified atom stereocenters. The zero-order chi connectivity index (χ0) is 20.1. The Labute approximate surface area is 169 Å². The van der Waals surface area contributed by atoms with Crippen molar-refractivity contribution in [1.29, 1.82) is 0 Å². The number of amides is 2. The molecular weight excluding hydrogens is 374 g/mol. The van der Waals surface area contributed by atoms with Gasteiger partial charge in [-0.15, -0.1) is 11.8 Å². The molecule has 0 radical (unpaired) electrons. The third kappa shape index (κ3) is 5.04. The third-order valence-electron chi connectivity index (χ3n) is 4.15. The van der Waals surface area contributed by atoms with Gasteiger partial charge in [-0.25, -0.2) is 4.79 Å². The maximum Gasteiger partial charge on any atom is 0.411 e. The van der Waals surface area contributed by atoms with Gasteiger partial charge in [0.05, 0.1) is 11.7 Å². The summed E-state index contributed by atoms with van der Waals surface area (Å²) < 4.78 is 5.46. The molecule has 1 aromatic carbocycles. The molecule has 2 aromatic rings. The number of hydrogen-bond acceptors (Lipinski definition) is 5. The number of carbonyl (C=O) groups is 2. The van der Waals surface area contributed by atoms with Crippen molar-refractivity contribution in [3.63, 3.8) is 0 Å². The molecule has 1 fully saturated rings. The van der Waals surface area contributed by atoms with Crippen LogP contribution >= 0.6 is 11.8 Å². The molecule has 2 atom stereocenters. The van der Waals surface area contributed by atoms with Gasteiger partial charge in [0.25, 0.3) is 5.91 Å². The van der Waals surface area contributed by atoms with E-state index in [2.05, 4.69) is 10.3 Å². The summed E-state index contributed by atoms with van der Waals surface area (Å²) in [7, 11) is 0. The molecule has 6 nitrogen and oxygen atoms in total. The highest BCUT2D eigenvalue weighted by atomic mass is 32.2. The molecule has 1 aliphatic rings. The molecule has 0 saturated carbocycles. The predicted octanol–water partition coefficient (Wildman–Crippen LogP) is 3.60. The lowest BCUT2D eigenvalue weighted by Crippen LogP contribution is -2.47. The lowest BCUT2D eigenvalue weighted by Gasteiger charge is -2.28. The SMILES string of the molecule is CC(C)(C)OC(=O)N1CCSC1C(=O)NC(c1ccccc1)c1ccccn1. The summed E-state index contributed by atoms with van der Waals surface area (Å²) in [5.74, 6) is 0.463. The van der Waals surface area contributed by atoms with Crippen LogP contribution in [-0.2, 0) is 9.53 Å². The summed E-state index contributed by atoms with van der Waals surface area (Å²) in [4.78, 5) is 31.5. The van der Waals surface area contributed by atoms with Crippen molar-refractivity contribution in [2.75, 3.05) is 12.3 Å². The largest absolute Gasteiger partial charge is 0.444 e. The van der Waals surface area contributed by atoms with Crippen LogP contribution in [0.5, 0.6) is 0 Å². The van der Waals surface area contributed by atoms with Gasteiger partial charge in [0.1, 0.15) is 5.60 Å². The van der Waals surface area contributed by atoms with Crippen LogP contribution < -0.4 is 5.32 Å². The Morgan fingerprint density at radius 1 is 1.18 bits per heavy atom. The van der Waals surface area contributed by atoms with Crippen molar-refractivity contribution < 1.29 is 14.3 Å². The summed E-state index contributed by atoms with van der Waals surface area (Å²) in [5, 5.41) is 2.45. The molecule has 1 aliphatic heterocycles. The number of ether oxygens (including phenoxy) is 1. The van der Waals surface area contributed by atoms with E-state index in [-0.39, 0.29) is 5.91 Å². The number of pyridine rings is 1. The highest BCUT2D eigenvalue weighted by Gasteiger charge is 2.38. The van der Waals surface area contributed by atoms with Crippen LogP contribution in [-0.4, -0.2) is 45.2 Å². The first-order chi connectivity index (χ1) is 13.3. The first kappa shape index (κ1) is 20.2. The van der Waals surface area contributed by atoms with E-state index in [1.807, 2.05) is 69.3 Å². The normalized spacial score (nSPS) is 17.8. The average Bonchev–Trinajstić information content (AvgIpc) is 3.16. The summed E-state index contributed by atoms with van der Waals surface area (Å²) in [5.41, 5.74) is 1.07. The van der Waals surface area contributed by atoms with Crippen molar-refractivity contribution in [3.8, 4) is 0 Å². The zero-order valence-electron chi connectivity index (χ0n) is 16.3. The van der Waals surface area contributed by atoms with E-state index in [0.29, 0.717) is 12.3 Å². The molecule has 28 heavy (non-hydrogen) atoms. The van der Waals surface area contributed by atoms with Gasteiger partial charge in [0, 0.05) is 18.5 Å². The summed E-state index contributed by atoms with van der Waals surface area (Å²) in [6.07, 6.45) is 1.24. The first-order valence-corrected chi connectivity index (χ1v) is 10.3. The van der Waals surface area contributed by atoms with Crippen LogP contribution in [0.15, 0.2) is 54.7 Å². The topological polar surface area (TPSA) is 71.5 Å². The smallest absolute Gasteiger partial charge is 0.411 e. The maximum absolute atomic E-state index is 13.1. The number of carbonyl (C=O) groups excluding carboxylic acids is 2. The van der Waals surface area contributed by atoms with Crippen LogP contribution in [0.1, 0.15) is 38.1 Å². The van der Waals surface area contributed by atoms with Crippen LogP contribution in [0.25, 0.3) is 0 Å². The van der Waals surface area contributed by atoms with Gasteiger partial charge < -0.3 is 10.1 Å². The van der Waals surface area contributed by atoms with E-state index in [9.17, 15) is 9.59 Å². The minimum Gasteiger partial charge on any atom is -0.444 e. The lowest BCUT2D eigenvalue weighted by molar-refractivity contribution is -0.123. The van der Waals surface area contributed by atoms with E-state index in [4.69, 9.17) is 4.74 Å². The van der Waals surface area contributed by atoms with Crippen molar-refractivity contribution in [3.05, 3.63) is 66.0 Å². The second kappa shape index (κ2) is 8.65. The highest BCUT2D eigenvalue weighted by Crippen LogP contribution is 2.28. The molecule has 3 rings (SSSR count). The van der Waals surface area contributed by atoms with E-state index in [1.54, 1.807) is 6.20 Å². The number of nitrogens with one attached hydrogen (secondary N) is 1. The molecule has 2 heterocycles. The van der Waals surface area contributed by atoms with Gasteiger partial charge in [-0.3, -0.25) is 14.7 Å². The predicted molar refractivity (Wildman–Crippen MR) is 110 cm³/mol. The minimum absolute atomic E-state index is 0.229. The molecule has 0 spiro atoms. The molecule has 1 N–H and O–H groups in total. The van der Waals surface area contributed by atoms with E-state index >= 15 is 0 Å². The fourth-order valence-electron chi connectivity index (χ4n) is 2.93. The quantitative estimate of drug-likeness (QED) is 0.851. The third-order valence-corrected chi connectivity index (χ3v) is 5.35. The summed E-state index contributed by atoms with van der Waals surface area (Å²) in [6.45, 7) is 5.93. The second-order valence-electron chi connectivity index (χ2n) is 7.50. The zero-order valence-corrected chi connectivity index (χ0v) is 17.1. The maximum atomic E-state index is 13.1. The van der Waals surface area contributed by atoms with Crippen LogP contribution in [0, 0.1) is 0 Å². The monoisotopic (exact) mass is 399 g/mol. The van der Waals surface area contributed by atoms with Crippen molar-refractivity contribution >= 4 is 23.8 Å². The van der Waals surface area contributed by atoms with Gasteiger partial charge in [0.2, 0.25) is 0 Å². The van der Waals surface area contributed by atoms with Crippen molar-refractivity contribution in [2.45, 2.75) is 37.8 Å². The van der Waals surface area contributed by atoms with Crippen LogP contribution in [0.3, 0.4) is 0 Å². The number of benzene rings is 1. The standard InChI is InChI=1S/C21H25N3O3S/c1-21(2,3)27-20(26)24-13-14-28-19(24)18(25)23-17(15-9-5-4-6-10-15)16-11-7-8-12-22-16/h4-12,17,19H,13-14H2,1-3H3,(H,23,25). The van der Waals surface area contributed by atoms with Gasteiger partial charge in [0.15, 0.2) is 5.37 Å². The lowest BCUT2D eigenvalue weighted by atomic mass is 10.0. The second-order valence-corrected chi connectivity index (χ2v) is 8.69. The Kier molecular flexibility index (Phi) is 6.24. The van der Waals surface area contributed by atoms with E-state index in [1.165, 1.54) is 16.7 Å². The Morgan fingerprint density at radius 2 is 1.89 bits per heavy atom. The molecule has 7 heteroatoms. The molecule has 1 saturated heterocycles. The number of aromatic nitrogens is 1. The molecular formula is C21H25N3O3S. The fraction of sp³-hybridized carbons (Fsp3) is 0.381. The number of hydrogen-bond donors (Lipinski definition) is 1. The van der Waals surface area contributed by atoms with Gasteiger partial charge in [-0.1, -0.05) is 36.4 Å². The van der Waals surface area contributed by atoms with Crippen molar-refractivity contribution in [1.82, 2.24) is 15.2 Å². The van der Waals surface area contributed by atoms with Crippen LogP contribution in [0.4, 0.5) is 4.79 Å². The number of thioether (sulfide) groups is 1. The van der Waals surface area contributed by atoms with Gasteiger partial charge in [-0.05, 0) is 38.5 Å². The molecule has 0 aliphatic carbocycles. The fourth-order valence-corrected chi connectivity index (χ4v) is 4.04. The molecule has 0 bridgehead atoms. The minimum atomic E-state index is -0.621.